The van der Waals surface area contributed by atoms with Gasteiger partial charge in [0.1, 0.15) is 6.04 Å². The van der Waals surface area contributed by atoms with Gasteiger partial charge in [-0.3, -0.25) is 9.69 Å². The Bertz CT molecular complexity index is 626. The summed E-state index contributed by atoms with van der Waals surface area (Å²) in [6.07, 6.45) is 2.07. The summed E-state index contributed by atoms with van der Waals surface area (Å²) in [5, 5.41) is 0. The van der Waals surface area contributed by atoms with Gasteiger partial charge in [-0.15, -0.1) is 11.8 Å². The van der Waals surface area contributed by atoms with Crippen LogP contribution in [-0.2, 0) is 11.3 Å². The average molecular weight is 328 g/mol. The van der Waals surface area contributed by atoms with Crippen molar-refractivity contribution in [2.45, 2.75) is 17.5 Å². The zero-order valence-electron chi connectivity index (χ0n) is 14.2. The van der Waals surface area contributed by atoms with Crippen molar-refractivity contribution in [1.29, 1.82) is 0 Å². The second-order valence-corrected chi connectivity index (χ2v) is 6.69. The van der Waals surface area contributed by atoms with Crippen LogP contribution in [-0.4, -0.2) is 43.1 Å². The number of carbonyl (C=O) groups excluding carboxylic acids is 1. The van der Waals surface area contributed by atoms with Gasteiger partial charge < -0.3 is 4.90 Å². The predicted octanol–water partition coefficient (Wildman–Crippen LogP) is 3.67. The molecule has 0 bridgehead atoms. The van der Waals surface area contributed by atoms with Crippen molar-refractivity contribution in [2.75, 3.05) is 27.4 Å². The highest BCUT2D eigenvalue weighted by atomic mass is 32.2. The van der Waals surface area contributed by atoms with Crippen LogP contribution in [0, 0.1) is 0 Å². The van der Waals surface area contributed by atoms with Crippen LogP contribution in [0.15, 0.2) is 59.5 Å². The average Bonchev–Trinajstić information content (AvgIpc) is 2.56. The van der Waals surface area contributed by atoms with E-state index < -0.39 is 0 Å². The smallest absolute Gasteiger partial charge is 0.244 e. The molecule has 0 saturated carbocycles. The maximum atomic E-state index is 12.7. The van der Waals surface area contributed by atoms with Gasteiger partial charge in [-0.05, 0) is 36.6 Å². The highest BCUT2D eigenvalue weighted by Crippen LogP contribution is 2.24. The lowest BCUT2D eigenvalue weighted by Gasteiger charge is -2.29. The molecule has 0 aromatic heterocycles. The molecular formula is C19H24N2OS. The van der Waals surface area contributed by atoms with E-state index in [1.807, 2.05) is 37.4 Å². The molecule has 0 saturated heterocycles. The molecule has 23 heavy (non-hydrogen) atoms. The lowest BCUT2D eigenvalue weighted by molar-refractivity contribution is -0.134. The van der Waals surface area contributed by atoms with Crippen molar-refractivity contribution in [1.82, 2.24) is 9.80 Å². The van der Waals surface area contributed by atoms with Gasteiger partial charge in [0, 0.05) is 25.5 Å². The van der Waals surface area contributed by atoms with Crippen molar-refractivity contribution in [3.63, 3.8) is 0 Å². The molecule has 122 valence electrons. The quantitative estimate of drug-likeness (QED) is 0.756. The number of hydrogen-bond donors (Lipinski definition) is 0. The Morgan fingerprint density at radius 2 is 1.61 bits per heavy atom. The molecule has 0 aliphatic rings. The molecule has 2 aromatic rings. The van der Waals surface area contributed by atoms with Crippen LogP contribution >= 0.6 is 11.8 Å². The first-order chi connectivity index (χ1) is 11.0. The molecule has 0 aliphatic carbocycles. The van der Waals surface area contributed by atoms with E-state index >= 15 is 0 Å². The van der Waals surface area contributed by atoms with Crippen LogP contribution in [0.25, 0.3) is 0 Å². The maximum absolute atomic E-state index is 12.7. The molecule has 1 amide bonds. The van der Waals surface area contributed by atoms with Crippen LogP contribution in [0.2, 0.25) is 0 Å². The number of thioether (sulfide) groups is 1. The highest BCUT2D eigenvalue weighted by Gasteiger charge is 2.26. The molecule has 0 aliphatic heterocycles. The van der Waals surface area contributed by atoms with Gasteiger partial charge >= 0.3 is 0 Å². The number of nitrogens with zero attached hydrogens (tertiary/aromatic N) is 2. The normalized spacial score (nSPS) is 12.2. The summed E-state index contributed by atoms with van der Waals surface area (Å²) in [5.41, 5.74) is 2.23. The van der Waals surface area contributed by atoms with Crippen molar-refractivity contribution in [3.8, 4) is 0 Å². The van der Waals surface area contributed by atoms with Crippen molar-refractivity contribution in [2.24, 2.45) is 0 Å². The van der Waals surface area contributed by atoms with Crippen molar-refractivity contribution in [3.05, 3.63) is 65.7 Å². The van der Waals surface area contributed by atoms with Crippen LogP contribution in [0.4, 0.5) is 0 Å². The Kier molecular flexibility index (Phi) is 6.25. The minimum Gasteiger partial charge on any atom is -0.347 e. The Hall–Kier alpha value is -1.78. The molecule has 3 nitrogen and oxygen atoms in total. The predicted molar refractivity (Wildman–Crippen MR) is 97.6 cm³/mol. The summed E-state index contributed by atoms with van der Waals surface area (Å²) in [6, 6.07) is 18.2. The van der Waals surface area contributed by atoms with Gasteiger partial charge in [0.2, 0.25) is 5.91 Å². The monoisotopic (exact) mass is 328 g/mol. The summed E-state index contributed by atoms with van der Waals surface area (Å²) < 4.78 is 0. The molecule has 0 radical (unpaired) electrons. The molecule has 2 aromatic carbocycles. The highest BCUT2D eigenvalue weighted by molar-refractivity contribution is 7.98. The first kappa shape index (κ1) is 17.6. The number of benzene rings is 2. The zero-order valence-corrected chi connectivity index (χ0v) is 15.0. The van der Waals surface area contributed by atoms with Crippen LogP contribution in [0.3, 0.4) is 0 Å². The zero-order chi connectivity index (χ0) is 16.8. The van der Waals surface area contributed by atoms with Crippen molar-refractivity contribution < 1.29 is 4.79 Å². The van der Waals surface area contributed by atoms with E-state index in [2.05, 4.69) is 35.4 Å². The van der Waals surface area contributed by atoms with E-state index in [0.717, 1.165) is 12.1 Å². The maximum Gasteiger partial charge on any atom is 0.244 e. The summed E-state index contributed by atoms with van der Waals surface area (Å²) in [6.45, 7) is 0.730. The lowest BCUT2D eigenvalue weighted by Crippen LogP contribution is -2.37. The van der Waals surface area contributed by atoms with E-state index in [1.54, 1.807) is 30.8 Å². The van der Waals surface area contributed by atoms with Gasteiger partial charge in [-0.1, -0.05) is 42.5 Å². The Balaban J connectivity index is 2.22. The first-order valence-corrected chi connectivity index (χ1v) is 8.84. The fraction of sp³-hybridized carbons (Fsp3) is 0.316. The van der Waals surface area contributed by atoms with Gasteiger partial charge in [0.25, 0.3) is 0 Å². The van der Waals surface area contributed by atoms with Gasteiger partial charge in [-0.2, -0.15) is 0 Å². The van der Waals surface area contributed by atoms with Gasteiger partial charge in [-0.25, -0.2) is 0 Å². The summed E-state index contributed by atoms with van der Waals surface area (Å²) in [7, 11) is 5.61. The molecule has 0 N–H and O–H groups in total. The second-order valence-electron chi connectivity index (χ2n) is 5.81. The fourth-order valence-corrected chi connectivity index (χ4v) is 2.98. The number of rotatable bonds is 6. The summed E-state index contributed by atoms with van der Waals surface area (Å²) in [4.78, 5) is 17.7. The SMILES string of the molecule is CSc1ccc(CN(C)C(C(=O)N(C)C)c2ccccc2)cc1. The Morgan fingerprint density at radius 3 is 2.13 bits per heavy atom. The van der Waals surface area contributed by atoms with E-state index in [9.17, 15) is 4.79 Å². The minimum atomic E-state index is -0.272. The summed E-state index contributed by atoms with van der Waals surface area (Å²) in [5.74, 6) is 0.0967. The number of carbonyl (C=O) groups is 1. The molecule has 4 heteroatoms. The fourth-order valence-electron chi connectivity index (χ4n) is 2.58. The van der Waals surface area contributed by atoms with E-state index in [4.69, 9.17) is 0 Å². The van der Waals surface area contributed by atoms with E-state index in [0.29, 0.717) is 0 Å². The number of likely N-dealkylation sites (N-methyl/N-ethyl adjacent to an activating group) is 2. The van der Waals surface area contributed by atoms with Crippen LogP contribution < -0.4 is 0 Å². The molecule has 0 heterocycles. The van der Waals surface area contributed by atoms with Crippen molar-refractivity contribution >= 4 is 17.7 Å². The first-order valence-electron chi connectivity index (χ1n) is 7.62. The van der Waals surface area contributed by atoms with E-state index in [-0.39, 0.29) is 11.9 Å². The molecule has 1 unspecified atom stereocenters. The second kappa shape index (κ2) is 8.18. The van der Waals surface area contributed by atoms with E-state index in [1.165, 1.54) is 10.5 Å². The van der Waals surface area contributed by atoms with Crippen LogP contribution in [0.5, 0.6) is 0 Å². The molecule has 2 rings (SSSR count). The lowest BCUT2D eigenvalue weighted by atomic mass is 10.0. The minimum absolute atomic E-state index is 0.0967. The third-order valence-electron chi connectivity index (χ3n) is 3.82. The molecule has 0 fully saturated rings. The van der Waals surface area contributed by atoms with Gasteiger partial charge in [0.15, 0.2) is 0 Å². The summed E-state index contributed by atoms with van der Waals surface area (Å²) >= 11 is 1.73. The molecule has 1 atom stereocenters. The standard InChI is InChI=1S/C19H24N2OS/c1-20(2)19(22)18(16-8-6-5-7-9-16)21(3)14-15-10-12-17(23-4)13-11-15/h5-13,18H,14H2,1-4H3. The Labute approximate surface area is 143 Å². The molecule has 0 spiro atoms. The third-order valence-corrected chi connectivity index (χ3v) is 4.57. The van der Waals surface area contributed by atoms with Crippen LogP contribution in [0.1, 0.15) is 17.2 Å². The van der Waals surface area contributed by atoms with Gasteiger partial charge in [0.05, 0.1) is 0 Å². The number of amides is 1. The Morgan fingerprint density at radius 1 is 1.00 bits per heavy atom. The number of hydrogen-bond acceptors (Lipinski definition) is 3. The third kappa shape index (κ3) is 4.60. The topological polar surface area (TPSA) is 23.6 Å². The molecular weight excluding hydrogens is 304 g/mol. The largest absolute Gasteiger partial charge is 0.347 e.